The zero-order chi connectivity index (χ0) is 24.9. The Hall–Kier alpha value is -2.94. The molecule has 2 aromatic rings. The van der Waals surface area contributed by atoms with Crippen LogP contribution in [0.1, 0.15) is 109 Å². The third-order valence-electron chi connectivity index (χ3n) is 7.53. The molecule has 0 bridgehead atoms. The van der Waals surface area contributed by atoms with Crippen LogP contribution in [-0.4, -0.2) is 45.3 Å². The lowest BCUT2D eigenvalue weighted by Gasteiger charge is -2.21. The van der Waals surface area contributed by atoms with Crippen molar-refractivity contribution < 1.29 is 14.3 Å². The molecule has 0 unspecified atom stereocenters. The third kappa shape index (κ3) is 6.24. The molecule has 3 heterocycles. The first-order chi connectivity index (χ1) is 17.6. The first-order valence-electron chi connectivity index (χ1n) is 13.6. The first kappa shape index (κ1) is 24.7. The average Bonchev–Trinajstić information content (AvgIpc) is 3.37. The van der Waals surface area contributed by atoms with Gasteiger partial charge in [0.15, 0.2) is 0 Å². The fraction of sp³-hybridized carbons (Fsp3) is 0.630. The van der Waals surface area contributed by atoms with Crippen LogP contribution in [0.2, 0.25) is 0 Å². The average molecular weight is 496 g/mol. The van der Waals surface area contributed by atoms with Crippen LogP contribution in [-0.2, 0) is 17.8 Å². The van der Waals surface area contributed by atoms with E-state index >= 15 is 0 Å². The zero-order valence-corrected chi connectivity index (χ0v) is 20.9. The summed E-state index contributed by atoms with van der Waals surface area (Å²) in [6.45, 7) is 1.44. The van der Waals surface area contributed by atoms with Gasteiger partial charge < -0.3 is 19.9 Å². The number of hydrogen-bond donors (Lipinski definition) is 3. The minimum Gasteiger partial charge on any atom is -0.376 e. The van der Waals surface area contributed by atoms with E-state index in [1.165, 1.54) is 19.3 Å². The van der Waals surface area contributed by atoms with Crippen molar-refractivity contribution in [3.63, 3.8) is 0 Å². The number of amides is 2. The van der Waals surface area contributed by atoms with E-state index in [2.05, 4.69) is 20.8 Å². The largest absolute Gasteiger partial charge is 0.376 e. The van der Waals surface area contributed by atoms with Crippen molar-refractivity contribution in [3.8, 4) is 0 Å². The second-order valence-corrected chi connectivity index (χ2v) is 10.5. The van der Waals surface area contributed by atoms with E-state index in [-0.39, 0.29) is 29.8 Å². The fourth-order valence-corrected chi connectivity index (χ4v) is 5.28. The number of carbonyl (C=O) groups is 2. The highest BCUT2D eigenvalue weighted by atomic mass is 16.5. The second kappa shape index (κ2) is 11.4. The van der Waals surface area contributed by atoms with E-state index in [1.807, 2.05) is 6.07 Å². The van der Waals surface area contributed by atoms with Gasteiger partial charge in [-0.2, -0.15) is 5.10 Å². The molecule has 0 spiro atoms. The van der Waals surface area contributed by atoms with Crippen molar-refractivity contribution >= 4 is 11.8 Å². The Bertz CT molecular complexity index is 1120. The molecule has 2 aliphatic carbocycles. The summed E-state index contributed by atoms with van der Waals surface area (Å²) in [4.78, 5) is 39.7. The Morgan fingerprint density at radius 1 is 0.972 bits per heavy atom. The van der Waals surface area contributed by atoms with Crippen LogP contribution in [0.15, 0.2) is 23.3 Å². The molecule has 3 fully saturated rings. The molecule has 1 atom stereocenters. The minimum atomic E-state index is -0.539. The molecule has 0 radical (unpaired) electrons. The number of rotatable bonds is 8. The van der Waals surface area contributed by atoms with Crippen molar-refractivity contribution in [1.29, 1.82) is 0 Å². The number of ether oxygens (including phenoxy) is 1. The van der Waals surface area contributed by atoms with Crippen molar-refractivity contribution in [2.24, 2.45) is 0 Å². The van der Waals surface area contributed by atoms with Gasteiger partial charge in [0.25, 0.3) is 11.8 Å². The van der Waals surface area contributed by atoms with Crippen LogP contribution >= 0.6 is 0 Å². The third-order valence-corrected chi connectivity index (χ3v) is 7.53. The van der Waals surface area contributed by atoms with Crippen LogP contribution < -0.4 is 16.1 Å². The van der Waals surface area contributed by atoms with Gasteiger partial charge in [0.1, 0.15) is 11.1 Å². The molecule has 1 saturated heterocycles. The summed E-state index contributed by atoms with van der Waals surface area (Å²) in [5, 5.41) is 13.2. The van der Waals surface area contributed by atoms with E-state index in [4.69, 9.17) is 4.74 Å². The van der Waals surface area contributed by atoms with E-state index in [9.17, 15) is 14.4 Å². The second-order valence-electron chi connectivity index (χ2n) is 10.5. The van der Waals surface area contributed by atoms with Crippen LogP contribution in [0.4, 0.5) is 0 Å². The number of carbonyl (C=O) groups excluding carboxylic acids is 2. The predicted molar refractivity (Wildman–Crippen MR) is 135 cm³/mol. The van der Waals surface area contributed by atoms with Crippen LogP contribution in [0.3, 0.4) is 0 Å². The molecule has 3 N–H and O–H groups in total. The Morgan fingerprint density at radius 2 is 1.69 bits per heavy atom. The van der Waals surface area contributed by atoms with Gasteiger partial charge in [-0.1, -0.05) is 32.1 Å². The van der Waals surface area contributed by atoms with E-state index < -0.39 is 17.2 Å². The summed E-state index contributed by atoms with van der Waals surface area (Å²) in [5.74, 6) is -0.378. The van der Waals surface area contributed by atoms with Crippen LogP contribution in [0, 0.1) is 0 Å². The summed E-state index contributed by atoms with van der Waals surface area (Å²) in [6.07, 6.45) is 14.9. The van der Waals surface area contributed by atoms with Gasteiger partial charge in [0, 0.05) is 37.5 Å². The SMILES string of the molecule is O=C(NCc1cc(C2CC2)n[nH]1)c1cn(C[C@@H]2CCCO2)cc(C(=O)NC2CCCCCCC2)c1=O. The molecule has 36 heavy (non-hydrogen) atoms. The fourth-order valence-electron chi connectivity index (χ4n) is 5.28. The number of aromatic amines is 1. The van der Waals surface area contributed by atoms with E-state index in [0.717, 1.165) is 62.8 Å². The van der Waals surface area contributed by atoms with Crippen molar-refractivity contribution in [2.45, 2.75) is 102 Å². The van der Waals surface area contributed by atoms with Gasteiger partial charge >= 0.3 is 0 Å². The molecule has 5 rings (SSSR count). The summed E-state index contributed by atoms with van der Waals surface area (Å²) < 4.78 is 7.52. The molecule has 9 heteroatoms. The summed E-state index contributed by atoms with van der Waals surface area (Å²) in [6, 6.07) is 2.02. The van der Waals surface area contributed by atoms with Gasteiger partial charge in [0.2, 0.25) is 5.43 Å². The van der Waals surface area contributed by atoms with Crippen LogP contribution in [0.25, 0.3) is 0 Å². The first-order valence-corrected chi connectivity index (χ1v) is 13.6. The molecule has 2 saturated carbocycles. The summed E-state index contributed by atoms with van der Waals surface area (Å²) >= 11 is 0. The topological polar surface area (TPSA) is 118 Å². The smallest absolute Gasteiger partial charge is 0.257 e. The number of pyridine rings is 1. The Kier molecular flexibility index (Phi) is 7.84. The zero-order valence-electron chi connectivity index (χ0n) is 20.9. The highest BCUT2D eigenvalue weighted by molar-refractivity contribution is 5.99. The standard InChI is InChI=1S/C27H37N5O4/c33-25-22(26(34)28-14-20-13-24(31-30-20)18-10-11-18)16-32(15-21-9-6-12-36-21)17-23(25)27(35)29-19-7-4-2-1-3-5-8-19/h13,16-19,21H,1-12,14-15H2,(H,28,34)(H,29,35)(H,30,31)/t21-/m0/s1. The number of nitrogens with one attached hydrogen (secondary N) is 3. The lowest BCUT2D eigenvalue weighted by Crippen LogP contribution is -2.40. The van der Waals surface area contributed by atoms with Crippen molar-refractivity contribution in [1.82, 2.24) is 25.4 Å². The van der Waals surface area contributed by atoms with Gasteiger partial charge in [0.05, 0.1) is 24.0 Å². The Balaban J connectivity index is 1.33. The monoisotopic (exact) mass is 495 g/mol. The summed E-state index contributed by atoms with van der Waals surface area (Å²) in [7, 11) is 0. The molecule has 9 nitrogen and oxygen atoms in total. The van der Waals surface area contributed by atoms with Crippen molar-refractivity contribution in [2.75, 3.05) is 6.61 Å². The lowest BCUT2D eigenvalue weighted by molar-refractivity contribution is 0.0914. The maximum Gasteiger partial charge on any atom is 0.257 e. The molecule has 2 amide bonds. The Labute approximate surface area is 211 Å². The molecular formula is C27H37N5O4. The number of hydrogen-bond acceptors (Lipinski definition) is 5. The van der Waals surface area contributed by atoms with E-state index in [1.54, 1.807) is 17.0 Å². The maximum absolute atomic E-state index is 13.3. The van der Waals surface area contributed by atoms with Gasteiger partial charge in [-0.3, -0.25) is 19.5 Å². The van der Waals surface area contributed by atoms with Gasteiger partial charge in [-0.15, -0.1) is 0 Å². The highest BCUT2D eigenvalue weighted by Gasteiger charge is 2.27. The molecule has 194 valence electrons. The van der Waals surface area contributed by atoms with Gasteiger partial charge in [-0.05, 0) is 44.6 Å². The molecule has 2 aromatic heterocycles. The number of aromatic nitrogens is 3. The minimum absolute atomic E-state index is 0.00997. The van der Waals surface area contributed by atoms with Gasteiger partial charge in [-0.25, -0.2) is 0 Å². The molecule has 3 aliphatic rings. The quantitative estimate of drug-likeness (QED) is 0.519. The predicted octanol–water partition coefficient (Wildman–Crippen LogP) is 3.40. The highest BCUT2D eigenvalue weighted by Crippen LogP contribution is 2.38. The van der Waals surface area contributed by atoms with Crippen molar-refractivity contribution in [3.05, 3.63) is 51.2 Å². The Morgan fingerprint density at radius 3 is 2.39 bits per heavy atom. The summed E-state index contributed by atoms with van der Waals surface area (Å²) in [5.41, 5.74) is 1.26. The normalized spacial score (nSPS) is 21.1. The molecule has 1 aliphatic heterocycles. The molecular weight excluding hydrogens is 458 g/mol. The number of nitrogens with zero attached hydrogens (tertiary/aromatic N) is 2. The lowest BCUT2D eigenvalue weighted by atomic mass is 9.96. The molecule has 0 aromatic carbocycles. The maximum atomic E-state index is 13.3. The number of H-pyrrole nitrogens is 1. The van der Waals surface area contributed by atoms with Crippen LogP contribution in [0.5, 0.6) is 0 Å². The van der Waals surface area contributed by atoms with E-state index in [0.29, 0.717) is 19.1 Å².